The maximum Gasteiger partial charge on any atom is 0.251 e. The molecule has 5 nitrogen and oxygen atoms in total. The van der Waals surface area contributed by atoms with Gasteiger partial charge in [-0.25, -0.2) is 0 Å². The molecule has 0 heterocycles. The van der Waals surface area contributed by atoms with Gasteiger partial charge in [0.25, 0.3) is 5.91 Å². The van der Waals surface area contributed by atoms with Crippen molar-refractivity contribution in [3.05, 3.63) is 71.8 Å². The lowest BCUT2D eigenvalue weighted by Gasteiger charge is -2.20. The average Bonchev–Trinajstić information content (AvgIpc) is 2.66. The van der Waals surface area contributed by atoms with Gasteiger partial charge in [-0.1, -0.05) is 48.5 Å². The van der Waals surface area contributed by atoms with Gasteiger partial charge in [0.15, 0.2) is 0 Å². The molecule has 0 aromatic heterocycles. The van der Waals surface area contributed by atoms with E-state index in [0.29, 0.717) is 12.1 Å². The summed E-state index contributed by atoms with van der Waals surface area (Å²) in [5, 5.41) is 8.94. The van der Waals surface area contributed by atoms with Crippen molar-refractivity contribution >= 4 is 11.8 Å². The van der Waals surface area contributed by atoms with Gasteiger partial charge in [-0.2, -0.15) is 0 Å². The molecular weight excluding hydrogens is 314 g/mol. The second kappa shape index (κ2) is 9.59. The quantitative estimate of drug-likeness (QED) is 0.691. The Labute approximate surface area is 148 Å². The fourth-order valence-corrected chi connectivity index (χ4v) is 2.40. The van der Waals surface area contributed by atoms with E-state index in [-0.39, 0.29) is 30.3 Å². The van der Waals surface area contributed by atoms with Crippen molar-refractivity contribution in [2.24, 2.45) is 0 Å². The van der Waals surface area contributed by atoms with E-state index in [4.69, 9.17) is 0 Å². The smallest absolute Gasteiger partial charge is 0.251 e. The zero-order valence-corrected chi connectivity index (χ0v) is 14.7. The molecule has 2 aromatic rings. The monoisotopic (exact) mass is 339 g/mol. The first-order valence-corrected chi connectivity index (χ1v) is 8.45. The van der Waals surface area contributed by atoms with Crippen LogP contribution in [0.1, 0.15) is 35.3 Å². The third-order valence-electron chi connectivity index (χ3n) is 4.03. The molecule has 0 saturated heterocycles. The highest BCUT2D eigenvalue weighted by Crippen LogP contribution is 2.17. The van der Waals surface area contributed by atoms with Gasteiger partial charge in [0.05, 0.1) is 12.5 Å². The zero-order chi connectivity index (χ0) is 18.1. The van der Waals surface area contributed by atoms with Gasteiger partial charge in [-0.3, -0.25) is 9.59 Å². The van der Waals surface area contributed by atoms with Crippen molar-refractivity contribution in [2.75, 3.05) is 13.6 Å². The van der Waals surface area contributed by atoms with Crippen LogP contribution in [0.2, 0.25) is 0 Å². The lowest BCUT2D eigenvalue weighted by Crippen LogP contribution is -2.39. The van der Waals surface area contributed by atoms with Crippen molar-refractivity contribution in [2.45, 2.75) is 25.4 Å². The molecule has 5 heteroatoms. The molecule has 0 spiro atoms. The number of likely N-dealkylation sites (N-methyl/N-ethyl adjacent to an activating group) is 1. The standard InChI is InChI=1S/C20H25N3O2/c1-15(21-2)14-22-19(24)13-18(16-9-5-3-6-10-16)23-20(25)17-11-7-4-8-12-17/h3-12,15,18,21H,13-14H2,1-2H3,(H,22,24)(H,23,25). The zero-order valence-electron chi connectivity index (χ0n) is 14.7. The maximum atomic E-state index is 12.5. The molecule has 0 fully saturated rings. The molecular formula is C20H25N3O2. The van der Waals surface area contributed by atoms with Gasteiger partial charge in [-0.05, 0) is 31.7 Å². The van der Waals surface area contributed by atoms with Crippen molar-refractivity contribution in [1.29, 1.82) is 0 Å². The highest BCUT2D eigenvalue weighted by Gasteiger charge is 2.19. The Morgan fingerprint density at radius 1 is 0.960 bits per heavy atom. The Kier molecular flexibility index (Phi) is 7.16. The van der Waals surface area contributed by atoms with Crippen LogP contribution in [0.25, 0.3) is 0 Å². The molecule has 132 valence electrons. The third kappa shape index (κ3) is 6.04. The largest absolute Gasteiger partial charge is 0.354 e. The summed E-state index contributed by atoms with van der Waals surface area (Å²) in [6.45, 7) is 2.54. The van der Waals surface area contributed by atoms with Gasteiger partial charge in [-0.15, -0.1) is 0 Å². The number of hydrogen-bond donors (Lipinski definition) is 3. The van der Waals surface area contributed by atoms with E-state index in [1.165, 1.54) is 0 Å². The van der Waals surface area contributed by atoms with E-state index in [0.717, 1.165) is 5.56 Å². The summed E-state index contributed by atoms with van der Waals surface area (Å²) in [7, 11) is 1.85. The molecule has 2 rings (SSSR count). The summed E-state index contributed by atoms with van der Waals surface area (Å²) in [4.78, 5) is 24.7. The molecule has 25 heavy (non-hydrogen) atoms. The normalized spacial score (nSPS) is 12.9. The number of nitrogens with one attached hydrogen (secondary N) is 3. The number of amides is 2. The molecule has 2 aromatic carbocycles. The molecule has 0 bridgehead atoms. The molecule has 2 atom stereocenters. The van der Waals surface area contributed by atoms with Gasteiger partial charge in [0.1, 0.15) is 0 Å². The number of carbonyl (C=O) groups is 2. The van der Waals surface area contributed by atoms with Gasteiger partial charge in [0.2, 0.25) is 5.91 Å². The SMILES string of the molecule is CNC(C)CNC(=O)CC(NC(=O)c1ccccc1)c1ccccc1. The molecule has 3 N–H and O–H groups in total. The van der Waals surface area contributed by atoms with Crippen LogP contribution in [0, 0.1) is 0 Å². The Morgan fingerprint density at radius 2 is 1.56 bits per heavy atom. The predicted molar refractivity (Wildman–Crippen MR) is 99.2 cm³/mol. The fourth-order valence-electron chi connectivity index (χ4n) is 2.40. The van der Waals surface area contributed by atoms with E-state index in [9.17, 15) is 9.59 Å². The molecule has 2 amide bonds. The molecule has 0 radical (unpaired) electrons. The first kappa shape index (κ1) is 18.7. The van der Waals surface area contributed by atoms with Crippen LogP contribution in [0.5, 0.6) is 0 Å². The summed E-state index contributed by atoms with van der Waals surface area (Å²) in [6.07, 6.45) is 0.193. The van der Waals surface area contributed by atoms with Crippen molar-refractivity contribution in [1.82, 2.24) is 16.0 Å². The molecule has 2 unspecified atom stereocenters. The van der Waals surface area contributed by atoms with Crippen LogP contribution in [-0.2, 0) is 4.79 Å². The first-order valence-electron chi connectivity index (χ1n) is 8.45. The van der Waals surface area contributed by atoms with Crippen LogP contribution in [-0.4, -0.2) is 31.4 Å². The minimum absolute atomic E-state index is 0.0932. The lowest BCUT2D eigenvalue weighted by molar-refractivity contribution is -0.121. The van der Waals surface area contributed by atoms with Crippen molar-refractivity contribution in [3.63, 3.8) is 0 Å². The van der Waals surface area contributed by atoms with E-state index < -0.39 is 0 Å². The Hall–Kier alpha value is -2.66. The van der Waals surface area contributed by atoms with E-state index in [2.05, 4.69) is 16.0 Å². The Morgan fingerprint density at radius 3 is 2.16 bits per heavy atom. The topological polar surface area (TPSA) is 70.2 Å². The second-order valence-corrected chi connectivity index (χ2v) is 6.00. The van der Waals surface area contributed by atoms with Crippen molar-refractivity contribution in [3.8, 4) is 0 Å². The van der Waals surface area contributed by atoms with E-state index >= 15 is 0 Å². The number of rotatable bonds is 8. The summed E-state index contributed by atoms with van der Waals surface area (Å²) in [5.41, 5.74) is 1.48. The third-order valence-corrected chi connectivity index (χ3v) is 4.03. The van der Waals surface area contributed by atoms with Crippen LogP contribution in [0.3, 0.4) is 0 Å². The molecule has 0 aliphatic rings. The highest BCUT2D eigenvalue weighted by atomic mass is 16.2. The Bertz CT molecular complexity index is 674. The number of hydrogen-bond acceptors (Lipinski definition) is 3. The van der Waals surface area contributed by atoms with Crippen molar-refractivity contribution < 1.29 is 9.59 Å². The highest BCUT2D eigenvalue weighted by molar-refractivity contribution is 5.94. The fraction of sp³-hybridized carbons (Fsp3) is 0.300. The summed E-state index contributed by atoms with van der Waals surface area (Å²) >= 11 is 0. The molecule has 0 aliphatic heterocycles. The Balaban J connectivity index is 2.06. The minimum Gasteiger partial charge on any atom is -0.354 e. The van der Waals surface area contributed by atoms with Crippen LogP contribution in [0.4, 0.5) is 0 Å². The van der Waals surface area contributed by atoms with Gasteiger partial charge >= 0.3 is 0 Å². The summed E-state index contributed by atoms with van der Waals surface area (Å²) in [6, 6.07) is 18.4. The van der Waals surface area contributed by atoms with E-state index in [1.54, 1.807) is 12.1 Å². The number of carbonyl (C=O) groups excluding carboxylic acids is 2. The van der Waals surface area contributed by atoms with Crippen LogP contribution >= 0.6 is 0 Å². The first-order chi connectivity index (χ1) is 12.1. The van der Waals surface area contributed by atoms with Gasteiger partial charge in [0, 0.05) is 18.2 Å². The second-order valence-electron chi connectivity index (χ2n) is 6.00. The average molecular weight is 339 g/mol. The van der Waals surface area contributed by atoms with E-state index in [1.807, 2.05) is 62.5 Å². The molecule has 0 saturated carbocycles. The van der Waals surface area contributed by atoms with Gasteiger partial charge < -0.3 is 16.0 Å². The summed E-state index contributed by atoms with van der Waals surface area (Å²) < 4.78 is 0. The lowest BCUT2D eigenvalue weighted by atomic mass is 10.0. The maximum absolute atomic E-state index is 12.5. The molecule has 0 aliphatic carbocycles. The number of benzene rings is 2. The van der Waals surface area contributed by atoms with Crippen LogP contribution < -0.4 is 16.0 Å². The van der Waals surface area contributed by atoms with Crippen LogP contribution in [0.15, 0.2) is 60.7 Å². The predicted octanol–water partition coefficient (Wildman–Crippen LogP) is 2.27. The minimum atomic E-state index is -0.376. The summed E-state index contributed by atoms with van der Waals surface area (Å²) in [5.74, 6) is -0.282.